The van der Waals surface area contributed by atoms with E-state index in [1.165, 1.54) is 12.1 Å². The molecule has 0 saturated heterocycles. The van der Waals surface area contributed by atoms with E-state index < -0.39 is 17.7 Å². The minimum Gasteiger partial charge on any atom is -0.387 e. The van der Waals surface area contributed by atoms with E-state index in [1.807, 2.05) is 0 Å². The van der Waals surface area contributed by atoms with Gasteiger partial charge in [0.15, 0.2) is 11.6 Å². The van der Waals surface area contributed by atoms with E-state index in [0.29, 0.717) is 0 Å². The maximum atomic E-state index is 12.8. The first kappa shape index (κ1) is 9.42. The van der Waals surface area contributed by atoms with Crippen LogP contribution in [0.5, 0.6) is 0 Å². The van der Waals surface area contributed by atoms with Gasteiger partial charge in [0.1, 0.15) is 0 Å². The molecule has 0 bridgehead atoms. The number of rotatable bonds is 2. The number of halogens is 3. The summed E-state index contributed by atoms with van der Waals surface area (Å²) in [6.07, 6.45) is -1.15. The summed E-state index contributed by atoms with van der Waals surface area (Å²) in [6, 6.07) is 3.61. The molecule has 0 heterocycles. The number of aliphatic hydroxyl groups is 1. The molecule has 12 heavy (non-hydrogen) atoms. The quantitative estimate of drug-likeness (QED) is 0.713. The van der Waals surface area contributed by atoms with Crippen LogP contribution in [0.1, 0.15) is 11.7 Å². The molecule has 0 aliphatic heterocycles. The van der Waals surface area contributed by atoms with Gasteiger partial charge < -0.3 is 5.11 Å². The van der Waals surface area contributed by atoms with Crippen molar-refractivity contribution < 1.29 is 13.9 Å². The van der Waals surface area contributed by atoms with E-state index in [9.17, 15) is 8.78 Å². The second-order valence-corrected chi connectivity index (χ2v) is 2.62. The Labute approximate surface area is 73.6 Å². The molecule has 4 heteroatoms. The predicted molar refractivity (Wildman–Crippen MR) is 42.0 cm³/mol. The van der Waals surface area contributed by atoms with Gasteiger partial charge in [-0.15, -0.1) is 11.6 Å². The molecule has 1 aromatic rings. The van der Waals surface area contributed by atoms with Crippen molar-refractivity contribution in [2.45, 2.75) is 6.10 Å². The zero-order valence-corrected chi connectivity index (χ0v) is 6.85. The monoisotopic (exact) mass is 192 g/mol. The van der Waals surface area contributed by atoms with E-state index in [-0.39, 0.29) is 11.4 Å². The van der Waals surface area contributed by atoms with Crippen molar-refractivity contribution in [3.05, 3.63) is 35.4 Å². The van der Waals surface area contributed by atoms with E-state index >= 15 is 0 Å². The van der Waals surface area contributed by atoms with Crippen molar-refractivity contribution in [2.24, 2.45) is 0 Å². The summed E-state index contributed by atoms with van der Waals surface area (Å²) in [5, 5.41) is 9.10. The summed E-state index contributed by atoms with van der Waals surface area (Å²) in [7, 11) is 0. The fourth-order valence-electron chi connectivity index (χ4n) is 0.861. The molecule has 0 aliphatic carbocycles. The maximum Gasteiger partial charge on any atom is 0.164 e. The van der Waals surface area contributed by atoms with Gasteiger partial charge in [0.2, 0.25) is 0 Å². The maximum absolute atomic E-state index is 12.8. The Morgan fingerprint density at radius 2 is 2.08 bits per heavy atom. The highest BCUT2D eigenvalue weighted by molar-refractivity contribution is 6.18. The van der Waals surface area contributed by atoms with Crippen LogP contribution in [0.4, 0.5) is 8.78 Å². The highest BCUT2D eigenvalue weighted by atomic mass is 35.5. The van der Waals surface area contributed by atoms with Crippen molar-refractivity contribution in [1.29, 1.82) is 0 Å². The van der Waals surface area contributed by atoms with Crippen LogP contribution >= 0.6 is 11.6 Å². The minimum absolute atomic E-state index is 0.106. The van der Waals surface area contributed by atoms with E-state index in [2.05, 4.69) is 0 Å². The molecule has 0 amide bonds. The van der Waals surface area contributed by atoms with Crippen molar-refractivity contribution in [1.82, 2.24) is 0 Å². The molecule has 0 saturated carbocycles. The lowest BCUT2D eigenvalue weighted by atomic mass is 10.1. The predicted octanol–water partition coefficient (Wildman–Crippen LogP) is 2.24. The third-order valence-electron chi connectivity index (χ3n) is 1.49. The summed E-state index contributed by atoms with van der Waals surface area (Å²) in [6.45, 7) is 0. The summed E-state index contributed by atoms with van der Waals surface area (Å²) < 4.78 is 25.4. The van der Waals surface area contributed by atoms with Gasteiger partial charge in [-0.2, -0.15) is 0 Å². The van der Waals surface area contributed by atoms with E-state index in [1.54, 1.807) is 0 Å². The van der Waals surface area contributed by atoms with Gasteiger partial charge in [0.05, 0.1) is 12.0 Å². The Morgan fingerprint density at radius 3 is 2.67 bits per heavy atom. The van der Waals surface area contributed by atoms with Gasteiger partial charge in [-0.3, -0.25) is 0 Å². The van der Waals surface area contributed by atoms with Crippen LogP contribution < -0.4 is 0 Å². The molecule has 66 valence electrons. The molecular weight excluding hydrogens is 186 g/mol. The zero-order valence-electron chi connectivity index (χ0n) is 6.10. The number of benzene rings is 1. The lowest BCUT2D eigenvalue weighted by Gasteiger charge is -2.07. The van der Waals surface area contributed by atoms with Crippen molar-refractivity contribution >= 4 is 11.6 Å². The van der Waals surface area contributed by atoms with Crippen LogP contribution in [0, 0.1) is 11.6 Å². The van der Waals surface area contributed by atoms with Gasteiger partial charge >= 0.3 is 0 Å². The minimum atomic E-state index is -1.15. The zero-order chi connectivity index (χ0) is 9.14. The van der Waals surface area contributed by atoms with Crippen LogP contribution in [-0.4, -0.2) is 11.0 Å². The Bertz CT molecular complexity index is 278. The summed E-state index contributed by atoms with van der Waals surface area (Å²) in [5.74, 6) is -2.16. The van der Waals surface area contributed by atoms with Crippen molar-refractivity contribution in [3.8, 4) is 0 Å². The smallest absolute Gasteiger partial charge is 0.164 e. The summed E-state index contributed by atoms with van der Waals surface area (Å²) >= 11 is 5.27. The second-order valence-electron chi connectivity index (χ2n) is 2.31. The Balaban J connectivity index is 3.07. The largest absolute Gasteiger partial charge is 0.387 e. The fourth-order valence-corrected chi connectivity index (χ4v) is 1.03. The Kier molecular flexibility index (Phi) is 3.00. The lowest BCUT2D eigenvalue weighted by Crippen LogP contribution is -2.03. The number of hydrogen-bond donors (Lipinski definition) is 1. The van der Waals surface area contributed by atoms with Crippen LogP contribution in [-0.2, 0) is 0 Å². The van der Waals surface area contributed by atoms with Gasteiger partial charge in [-0.1, -0.05) is 12.1 Å². The molecule has 1 aromatic carbocycles. The highest BCUT2D eigenvalue weighted by Crippen LogP contribution is 2.19. The third kappa shape index (κ3) is 1.73. The van der Waals surface area contributed by atoms with E-state index in [4.69, 9.17) is 16.7 Å². The normalized spacial score (nSPS) is 13.0. The molecule has 1 nitrogen and oxygen atoms in total. The standard InChI is InChI=1S/C8H7ClF2O/c9-4-7(12)5-2-1-3-6(10)8(5)11/h1-3,7,12H,4H2/t7-/m1/s1. The Morgan fingerprint density at radius 1 is 1.42 bits per heavy atom. The molecule has 1 rings (SSSR count). The molecule has 0 aromatic heterocycles. The highest BCUT2D eigenvalue weighted by Gasteiger charge is 2.14. The number of alkyl halides is 1. The molecule has 0 radical (unpaired) electrons. The lowest BCUT2D eigenvalue weighted by molar-refractivity contribution is 0.196. The van der Waals surface area contributed by atoms with Crippen molar-refractivity contribution in [2.75, 3.05) is 5.88 Å². The average molecular weight is 193 g/mol. The molecule has 0 spiro atoms. The molecule has 1 N–H and O–H groups in total. The number of hydrogen-bond acceptors (Lipinski definition) is 1. The molecule has 0 fully saturated rings. The summed E-state index contributed by atoms with van der Waals surface area (Å²) in [4.78, 5) is 0. The average Bonchev–Trinajstić information content (AvgIpc) is 2.08. The third-order valence-corrected chi connectivity index (χ3v) is 1.78. The molecule has 0 unspecified atom stereocenters. The molecular formula is C8H7ClF2O. The van der Waals surface area contributed by atoms with Crippen LogP contribution in [0.3, 0.4) is 0 Å². The van der Waals surface area contributed by atoms with E-state index in [0.717, 1.165) is 6.07 Å². The number of aliphatic hydroxyl groups excluding tert-OH is 1. The van der Waals surface area contributed by atoms with Crippen LogP contribution in [0.15, 0.2) is 18.2 Å². The van der Waals surface area contributed by atoms with Crippen LogP contribution in [0.25, 0.3) is 0 Å². The van der Waals surface area contributed by atoms with Gasteiger partial charge in [-0.05, 0) is 6.07 Å². The molecule has 1 atom stereocenters. The summed E-state index contributed by atoms with van der Waals surface area (Å²) in [5.41, 5.74) is -0.106. The van der Waals surface area contributed by atoms with Gasteiger partial charge in [0.25, 0.3) is 0 Å². The topological polar surface area (TPSA) is 20.2 Å². The molecule has 0 aliphatic rings. The Hall–Kier alpha value is -0.670. The first-order valence-electron chi connectivity index (χ1n) is 3.34. The van der Waals surface area contributed by atoms with Crippen LogP contribution in [0.2, 0.25) is 0 Å². The first-order valence-corrected chi connectivity index (χ1v) is 3.88. The van der Waals surface area contributed by atoms with Crippen molar-refractivity contribution in [3.63, 3.8) is 0 Å². The van der Waals surface area contributed by atoms with Gasteiger partial charge in [-0.25, -0.2) is 8.78 Å². The first-order chi connectivity index (χ1) is 5.66. The second kappa shape index (κ2) is 3.83. The van der Waals surface area contributed by atoms with Gasteiger partial charge in [0, 0.05) is 5.56 Å². The fraction of sp³-hybridized carbons (Fsp3) is 0.250. The SMILES string of the molecule is O[C@H](CCl)c1cccc(F)c1F.